The molecule has 0 aliphatic carbocycles. The van der Waals surface area contributed by atoms with Gasteiger partial charge in [0, 0.05) is 38.9 Å². The number of nitrogens with zero attached hydrogens (tertiary/aromatic N) is 7. The number of hydrogen-bond acceptors (Lipinski definition) is 7. The van der Waals surface area contributed by atoms with E-state index in [1.807, 2.05) is 18.7 Å². The molecular weight excluding hydrogens is 576 g/mol. The minimum absolute atomic E-state index is 0.0267. The van der Waals surface area contributed by atoms with E-state index in [0.29, 0.717) is 37.6 Å². The number of benzene rings is 1. The predicted molar refractivity (Wildman–Crippen MR) is 152 cm³/mol. The lowest BCUT2D eigenvalue weighted by Gasteiger charge is -2.35. The Bertz CT molecular complexity index is 1620. The Morgan fingerprint density at radius 1 is 1.12 bits per heavy atom. The van der Waals surface area contributed by atoms with E-state index in [0.717, 1.165) is 21.5 Å². The van der Waals surface area contributed by atoms with Gasteiger partial charge in [0.2, 0.25) is 5.95 Å². The molecule has 4 aromatic rings. The SMILES string of the molecule is CN=C(c1cnn(C)c1C(F)(F)F)N1CCC(c2cc(F)c(Nc3ncc(Cl)c(Nc4cc(C)[nH]n4)n3)cc2C)CC1. The van der Waals surface area contributed by atoms with Crippen molar-refractivity contribution in [3.05, 3.63) is 69.5 Å². The molecule has 0 spiro atoms. The lowest BCUT2D eigenvalue weighted by Crippen LogP contribution is -2.39. The molecule has 5 rings (SSSR count). The Labute approximate surface area is 244 Å². The first-order valence-corrected chi connectivity index (χ1v) is 13.5. The number of aromatic amines is 1. The highest BCUT2D eigenvalue weighted by Gasteiger charge is 2.40. The molecule has 0 saturated carbocycles. The van der Waals surface area contributed by atoms with Crippen LogP contribution in [0.15, 0.2) is 35.6 Å². The molecule has 10 nitrogen and oxygen atoms in total. The molecule has 222 valence electrons. The number of rotatable bonds is 6. The van der Waals surface area contributed by atoms with Crippen LogP contribution in [0.4, 0.5) is 40.8 Å². The summed E-state index contributed by atoms with van der Waals surface area (Å²) in [5.74, 6) is 0.776. The molecular formula is C27H29ClF4N10. The number of aromatic nitrogens is 6. The van der Waals surface area contributed by atoms with E-state index in [4.69, 9.17) is 11.6 Å². The van der Waals surface area contributed by atoms with Crippen LogP contribution in [0.3, 0.4) is 0 Å². The van der Waals surface area contributed by atoms with Crippen molar-refractivity contribution in [2.45, 2.75) is 38.8 Å². The number of halogens is 5. The van der Waals surface area contributed by atoms with Gasteiger partial charge in [0.1, 0.15) is 16.7 Å². The zero-order valence-electron chi connectivity index (χ0n) is 23.3. The number of H-pyrrole nitrogens is 1. The maximum absolute atomic E-state index is 15.3. The van der Waals surface area contributed by atoms with Gasteiger partial charge in [0.25, 0.3) is 0 Å². The van der Waals surface area contributed by atoms with Crippen LogP contribution in [0.2, 0.25) is 5.02 Å². The quantitative estimate of drug-likeness (QED) is 0.138. The van der Waals surface area contributed by atoms with Gasteiger partial charge < -0.3 is 15.5 Å². The highest BCUT2D eigenvalue weighted by Crippen LogP contribution is 2.36. The monoisotopic (exact) mass is 604 g/mol. The Kier molecular flexibility index (Phi) is 8.08. The average molecular weight is 605 g/mol. The average Bonchev–Trinajstić information content (AvgIpc) is 3.53. The number of aryl methyl sites for hydroxylation is 3. The van der Waals surface area contributed by atoms with Crippen molar-refractivity contribution in [2.24, 2.45) is 12.0 Å². The van der Waals surface area contributed by atoms with Gasteiger partial charge in [-0.15, -0.1) is 0 Å². The van der Waals surface area contributed by atoms with Crippen LogP contribution < -0.4 is 10.6 Å². The number of amidine groups is 1. The predicted octanol–water partition coefficient (Wildman–Crippen LogP) is 6.10. The Hall–Kier alpha value is -4.20. The van der Waals surface area contributed by atoms with Gasteiger partial charge in [-0.25, -0.2) is 9.37 Å². The Morgan fingerprint density at radius 3 is 2.50 bits per heavy atom. The molecule has 0 amide bonds. The van der Waals surface area contributed by atoms with Gasteiger partial charge in [0.05, 0.1) is 23.6 Å². The summed E-state index contributed by atoms with van der Waals surface area (Å²) in [6, 6.07) is 4.98. The van der Waals surface area contributed by atoms with Gasteiger partial charge in [-0.3, -0.25) is 14.8 Å². The Balaban J connectivity index is 1.29. The fourth-order valence-corrected chi connectivity index (χ4v) is 5.38. The van der Waals surface area contributed by atoms with Crippen LogP contribution in [0.5, 0.6) is 0 Å². The number of piperidine rings is 1. The summed E-state index contributed by atoms with van der Waals surface area (Å²) in [5.41, 5.74) is 1.88. The zero-order valence-corrected chi connectivity index (χ0v) is 24.1. The molecule has 3 N–H and O–H groups in total. The van der Waals surface area contributed by atoms with Crippen molar-refractivity contribution in [2.75, 3.05) is 30.8 Å². The van der Waals surface area contributed by atoms with Crippen molar-refractivity contribution >= 4 is 40.7 Å². The summed E-state index contributed by atoms with van der Waals surface area (Å²) >= 11 is 6.23. The first-order chi connectivity index (χ1) is 19.9. The first-order valence-electron chi connectivity index (χ1n) is 13.1. The van der Waals surface area contributed by atoms with Crippen molar-refractivity contribution in [1.82, 2.24) is 34.8 Å². The topological polar surface area (TPSA) is 112 Å². The van der Waals surface area contributed by atoms with Gasteiger partial charge >= 0.3 is 6.18 Å². The third-order valence-corrected chi connectivity index (χ3v) is 7.47. The van der Waals surface area contributed by atoms with Crippen molar-refractivity contribution in [3.63, 3.8) is 0 Å². The van der Waals surface area contributed by atoms with E-state index in [9.17, 15) is 13.2 Å². The number of alkyl halides is 3. The molecule has 42 heavy (non-hydrogen) atoms. The summed E-state index contributed by atoms with van der Waals surface area (Å²) in [6.07, 6.45) is -0.717. The van der Waals surface area contributed by atoms with Crippen LogP contribution in [-0.2, 0) is 13.2 Å². The lowest BCUT2D eigenvalue weighted by molar-refractivity contribution is -0.143. The van der Waals surface area contributed by atoms with Crippen molar-refractivity contribution < 1.29 is 17.6 Å². The summed E-state index contributed by atoms with van der Waals surface area (Å²) in [6.45, 7) is 4.69. The van der Waals surface area contributed by atoms with Crippen LogP contribution >= 0.6 is 11.6 Å². The summed E-state index contributed by atoms with van der Waals surface area (Å²) < 4.78 is 57.2. The summed E-state index contributed by atoms with van der Waals surface area (Å²) in [7, 11) is 2.74. The largest absolute Gasteiger partial charge is 0.433 e. The molecule has 1 aliphatic rings. The molecule has 0 atom stereocenters. The van der Waals surface area contributed by atoms with Gasteiger partial charge in [-0.1, -0.05) is 11.6 Å². The third kappa shape index (κ3) is 6.03. The second-order valence-electron chi connectivity index (χ2n) is 10.1. The normalized spacial score (nSPS) is 14.9. The molecule has 0 radical (unpaired) electrons. The van der Waals surface area contributed by atoms with Crippen molar-refractivity contribution in [1.29, 1.82) is 0 Å². The second kappa shape index (κ2) is 11.6. The molecule has 1 saturated heterocycles. The Morgan fingerprint density at radius 2 is 1.86 bits per heavy atom. The lowest BCUT2D eigenvalue weighted by atomic mass is 9.86. The van der Waals surface area contributed by atoms with Crippen LogP contribution in [-0.4, -0.2) is 60.8 Å². The minimum atomic E-state index is -4.56. The van der Waals surface area contributed by atoms with Crippen LogP contribution in [0.25, 0.3) is 0 Å². The third-order valence-electron chi connectivity index (χ3n) is 7.19. The molecule has 1 aromatic carbocycles. The first kappa shape index (κ1) is 29.3. The maximum atomic E-state index is 15.3. The molecule has 1 fully saturated rings. The minimum Gasteiger partial charge on any atom is -0.356 e. The van der Waals surface area contributed by atoms with E-state index in [1.54, 1.807) is 12.1 Å². The molecule has 1 aliphatic heterocycles. The highest BCUT2D eigenvalue weighted by atomic mass is 35.5. The van der Waals surface area contributed by atoms with Gasteiger partial charge in [0.15, 0.2) is 17.3 Å². The fraction of sp³-hybridized carbons (Fsp3) is 0.370. The summed E-state index contributed by atoms with van der Waals surface area (Å²) in [5, 5.41) is 16.9. The fourth-order valence-electron chi connectivity index (χ4n) is 5.24. The van der Waals surface area contributed by atoms with E-state index < -0.39 is 17.7 Å². The molecule has 4 heterocycles. The second-order valence-corrected chi connectivity index (χ2v) is 10.5. The van der Waals surface area contributed by atoms with Crippen LogP contribution in [0.1, 0.15) is 46.8 Å². The number of hydrogen-bond donors (Lipinski definition) is 3. The van der Waals surface area contributed by atoms with Crippen molar-refractivity contribution in [3.8, 4) is 0 Å². The van der Waals surface area contributed by atoms with E-state index in [1.165, 1.54) is 32.6 Å². The zero-order chi connectivity index (χ0) is 30.2. The standard InChI is InChI=1S/C27H29ClF4N10/c1-14-9-21(36-26-34-13-19(28)24(38-26)37-22-10-15(2)39-40-22)20(29)11-17(14)16-5-7-42(8-6-16)25(33-3)18-12-35-41(4)23(18)27(30,31)32/h9-13,16H,5-8H2,1-4H3,(H3,34,36,37,38,39,40). The van der Waals surface area contributed by atoms with Crippen LogP contribution in [0, 0.1) is 19.7 Å². The van der Waals surface area contributed by atoms with E-state index >= 15 is 4.39 Å². The smallest absolute Gasteiger partial charge is 0.356 e. The number of anilines is 4. The number of nitrogens with one attached hydrogen (secondary N) is 3. The summed E-state index contributed by atoms with van der Waals surface area (Å²) in [4.78, 5) is 14.5. The molecule has 3 aromatic heterocycles. The molecule has 0 bridgehead atoms. The van der Waals surface area contributed by atoms with E-state index in [2.05, 4.69) is 40.9 Å². The number of aliphatic imine (C=N–C) groups is 1. The van der Waals surface area contributed by atoms with E-state index in [-0.39, 0.29) is 34.0 Å². The highest BCUT2D eigenvalue weighted by molar-refractivity contribution is 6.32. The maximum Gasteiger partial charge on any atom is 0.433 e. The number of likely N-dealkylation sites (tertiary alicyclic amines) is 1. The van der Waals surface area contributed by atoms with Gasteiger partial charge in [-0.2, -0.15) is 28.4 Å². The molecule has 15 heteroatoms. The van der Waals surface area contributed by atoms with Gasteiger partial charge in [-0.05, 0) is 55.9 Å². The molecule has 0 unspecified atom stereocenters.